The predicted molar refractivity (Wildman–Crippen MR) is 94.7 cm³/mol. The zero-order valence-corrected chi connectivity index (χ0v) is 15.2. The van der Waals surface area contributed by atoms with Crippen LogP contribution >= 0.6 is 0 Å². The minimum absolute atomic E-state index is 0.0368. The van der Waals surface area contributed by atoms with Crippen molar-refractivity contribution < 1.29 is 18.0 Å². The largest absolute Gasteiger partial charge is 0.416 e. The van der Waals surface area contributed by atoms with Crippen LogP contribution in [0.1, 0.15) is 5.56 Å². The van der Waals surface area contributed by atoms with Gasteiger partial charge in [-0.2, -0.15) is 18.3 Å². The number of halogens is 3. The SMILES string of the molecule is CN(C)C(=O)Cn1c(=O)c(-c2cc(C(F)(F)F)cc3[nH]ncc23)cn(C)c1=O. The van der Waals surface area contributed by atoms with E-state index in [1.165, 1.54) is 32.2 Å². The summed E-state index contributed by atoms with van der Waals surface area (Å²) in [6, 6.07) is 1.72. The molecule has 0 saturated heterocycles. The van der Waals surface area contributed by atoms with Crippen LogP contribution in [0.3, 0.4) is 0 Å². The number of aryl methyl sites for hydroxylation is 1. The molecule has 0 unspecified atom stereocenters. The molecule has 3 rings (SSSR count). The maximum atomic E-state index is 13.3. The third-order valence-electron chi connectivity index (χ3n) is 4.30. The molecule has 1 N–H and O–H groups in total. The third kappa shape index (κ3) is 3.30. The molecule has 0 saturated carbocycles. The number of carbonyl (C=O) groups excluding carboxylic acids is 1. The van der Waals surface area contributed by atoms with E-state index in [0.717, 1.165) is 22.9 Å². The number of hydrogen-bond donors (Lipinski definition) is 1. The van der Waals surface area contributed by atoms with Crippen molar-refractivity contribution in [2.45, 2.75) is 12.7 Å². The number of nitrogens with one attached hydrogen (secondary N) is 1. The summed E-state index contributed by atoms with van der Waals surface area (Å²) in [7, 11) is 4.27. The van der Waals surface area contributed by atoms with Gasteiger partial charge in [-0.25, -0.2) is 4.79 Å². The molecule has 0 aliphatic rings. The summed E-state index contributed by atoms with van der Waals surface area (Å²) < 4.78 is 41.6. The second-order valence-electron chi connectivity index (χ2n) is 6.47. The lowest BCUT2D eigenvalue weighted by Crippen LogP contribution is -2.43. The van der Waals surface area contributed by atoms with Crippen LogP contribution in [0.4, 0.5) is 13.2 Å². The Balaban J connectivity index is 2.32. The monoisotopic (exact) mass is 395 g/mol. The summed E-state index contributed by atoms with van der Waals surface area (Å²) in [6.07, 6.45) is -2.19. The molecule has 0 aliphatic heterocycles. The van der Waals surface area contributed by atoms with Gasteiger partial charge in [-0.3, -0.25) is 19.3 Å². The zero-order chi connectivity index (χ0) is 20.8. The Bertz CT molecular complexity index is 1190. The maximum absolute atomic E-state index is 13.3. The summed E-state index contributed by atoms with van der Waals surface area (Å²) in [5.41, 5.74) is -2.67. The van der Waals surface area contributed by atoms with Gasteiger partial charge in [-0.15, -0.1) is 0 Å². The molecule has 28 heavy (non-hydrogen) atoms. The predicted octanol–water partition coefficient (Wildman–Crippen LogP) is 1.20. The fraction of sp³-hybridized carbons (Fsp3) is 0.294. The van der Waals surface area contributed by atoms with E-state index in [1.54, 1.807) is 0 Å². The Morgan fingerprint density at radius 1 is 1.21 bits per heavy atom. The average Bonchev–Trinajstić information content (AvgIpc) is 3.08. The van der Waals surface area contributed by atoms with Crippen molar-refractivity contribution in [3.8, 4) is 11.1 Å². The molecule has 0 aliphatic carbocycles. The quantitative estimate of drug-likeness (QED) is 0.721. The van der Waals surface area contributed by atoms with E-state index in [9.17, 15) is 27.6 Å². The molecule has 8 nitrogen and oxygen atoms in total. The highest BCUT2D eigenvalue weighted by molar-refractivity contribution is 5.94. The van der Waals surface area contributed by atoms with Crippen molar-refractivity contribution in [3.63, 3.8) is 0 Å². The van der Waals surface area contributed by atoms with Gasteiger partial charge < -0.3 is 9.47 Å². The molecule has 0 fully saturated rings. The summed E-state index contributed by atoms with van der Waals surface area (Å²) >= 11 is 0. The van der Waals surface area contributed by atoms with Crippen molar-refractivity contribution >= 4 is 16.8 Å². The standard InChI is InChI=1S/C17H16F3N5O3/c1-23(2)14(26)8-25-15(27)12(7-24(3)16(25)28)10-4-9(17(18,19)20)5-13-11(10)6-21-22-13/h4-7H,8H2,1-3H3,(H,21,22). The molecule has 1 aromatic carbocycles. The van der Waals surface area contributed by atoms with E-state index in [-0.39, 0.29) is 22.0 Å². The fourth-order valence-corrected chi connectivity index (χ4v) is 2.77. The summed E-state index contributed by atoms with van der Waals surface area (Å²) in [5, 5.41) is 6.49. The Morgan fingerprint density at radius 2 is 1.89 bits per heavy atom. The average molecular weight is 395 g/mol. The first kappa shape index (κ1) is 19.4. The molecule has 3 aromatic rings. The van der Waals surface area contributed by atoms with Crippen molar-refractivity contribution in [2.75, 3.05) is 14.1 Å². The lowest BCUT2D eigenvalue weighted by Gasteiger charge is -2.15. The number of benzene rings is 1. The summed E-state index contributed by atoms with van der Waals surface area (Å²) in [5.74, 6) is -0.506. The van der Waals surface area contributed by atoms with Gasteiger partial charge in [0.25, 0.3) is 5.56 Å². The molecule has 0 spiro atoms. The highest BCUT2D eigenvalue weighted by Crippen LogP contribution is 2.35. The van der Waals surface area contributed by atoms with Gasteiger partial charge >= 0.3 is 11.9 Å². The van der Waals surface area contributed by atoms with Crippen LogP contribution in [0.2, 0.25) is 0 Å². The van der Waals surface area contributed by atoms with Gasteiger partial charge in [0.15, 0.2) is 0 Å². The Kier molecular flexibility index (Phi) is 4.61. The molecule has 0 atom stereocenters. The molecule has 0 bridgehead atoms. The summed E-state index contributed by atoms with van der Waals surface area (Å²) in [6.45, 7) is -0.528. The highest BCUT2D eigenvalue weighted by Gasteiger charge is 2.32. The number of rotatable bonds is 3. The van der Waals surface area contributed by atoms with Gasteiger partial charge in [0.2, 0.25) is 5.91 Å². The maximum Gasteiger partial charge on any atom is 0.416 e. The number of fused-ring (bicyclic) bond motifs is 1. The molecule has 148 valence electrons. The van der Waals surface area contributed by atoms with Gasteiger partial charge in [-0.1, -0.05) is 0 Å². The lowest BCUT2D eigenvalue weighted by molar-refractivity contribution is -0.137. The van der Waals surface area contributed by atoms with Crippen LogP contribution in [0, 0.1) is 0 Å². The van der Waals surface area contributed by atoms with Crippen LogP contribution in [-0.2, 0) is 24.6 Å². The second kappa shape index (κ2) is 6.66. The fourth-order valence-electron chi connectivity index (χ4n) is 2.77. The van der Waals surface area contributed by atoms with Crippen molar-refractivity contribution in [2.24, 2.45) is 7.05 Å². The van der Waals surface area contributed by atoms with Crippen LogP contribution < -0.4 is 11.2 Å². The van der Waals surface area contributed by atoms with E-state index in [4.69, 9.17) is 0 Å². The molecule has 1 amide bonds. The highest BCUT2D eigenvalue weighted by atomic mass is 19.4. The molecule has 11 heteroatoms. The number of amides is 1. The first-order valence-electron chi connectivity index (χ1n) is 8.06. The van der Waals surface area contributed by atoms with Crippen LogP contribution in [0.5, 0.6) is 0 Å². The zero-order valence-electron chi connectivity index (χ0n) is 15.2. The number of nitrogens with zero attached hydrogens (tertiary/aromatic N) is 4. The van der Waals surface area contributed by atoms with Gasteiger partial charge in [0.05, 0.1) is 22.8 Å². The van der Waals surface area contributed by atoms with E-state index < -0.39 is 35.4 Å². The van der Waals surface area contributed by atoms with Gasteiger partial charge in [0, 0.05) is 38.3 Å². The van der Waals surface area contributed by atoms with Crippen molar-refractivity contribution in [1.29, 1.82) is 0 Å². The van der Waals surface area contributed by atoms with Gasteiger partial charge in [0.1, 0.15) is 6.54 Å². The van der Waals surface area contributed by atoms with Crippen LogP contribution in [0.15, 0.2) is 34.1 Å². The first-order chi connectivity index (χ1) is 13.0. The molecule has 2 aromatic heterocycles. The smallest absolute Gasteiger partial charge is 0.347 e. The first-order valence-corrected chi connectivity index (χ1v) is 8.06. The number of carbonyl (C=O) groups is 1. The van der Waals surface area contributed by atoms with E-state index in [0.29, 0.717) is 4.57 Å². The molecule has 0 radical (unpaired) electrons. The van der Waals surface area contributed by atoms with Crippen LogP contribution in [0.25, 0.3) is 22.0 Å². The Hall–Kier alpha value is -3.37. The van der Waals surface area contributed by atoms with Crippen molar-refractivity contribution in [3.05, 3.63) is 50.9 Å². The number of H-pyrrole nitrogens is 1. The number of alkyl halides is 3. The van der Waals surface area contributed by atoms with E-state index >= 15 is 0 Å². The number of hydrogen-bond acceptors (Lipinski definition) is 4. The minimum Gasteiger partial charge on any atom is -0.347 e. The number of aromatic amines is 1. The lowest BCUT2D eigenvalue weighted by atomic mass is 10.0. The number of likely N-dealkylation sites (N-methyl/N-ethyl adjacent to an activating group) is 1. The normalized spacial score (nSPS) is 11.8. The third-order valence-corrected chi connectivity index (χ3v) is 4.30. The van der Waals surface area contributed by atoms with Crippen molar-refractivity contribution in [1.82, 2.24) is 24.2 Å². The summed E-state index contributed by atoms with van der Waals surface area (Å²) in [4.78, 5) is 38.4. The number of aromatic nitrogens is 4. The molecular weight excluding hydrogens is 379 g/mol. The minimum atomic E-state index is -4.64. The molecular formula is C17H16F3N5O3. The molecule has 2 heterocycles. The van der Waals surface area contributed by atoms with Gasteiger partial charge in [-0.05, 0) is 12.1 Å². The van der Waals surface area contributed by atoms with Crippen LogP contribution in [-0.4, -0.2) is 44.2 Å². The van der Waals surface area contributed by atoms with E-state index in [1.807, 2.05) is 0 Å². The Labute approximate surface area is 155 Å². The Morgan fingerprint density at radius 3 is 2.50 bits per heavy atom. The van der Waals surface area contributed by atoms with E-state index in [2.05, 4.69) is 10.2 Å². The topological polar surface area (TPSA) is 93.0 Å². The second-order valence-corrected chi connectivity index (χ2v) is 6.47.